The van der Waals surface area contributed by atoms with E-state index in [-0.39, 0.29) is 23.6 Å². The maximum atomic E-state index is 12.6. The van der Waals surface area contributed by atoms with Crippen LogP contribution in [0.4, 0.5) is 5.69 Å². The molecule has 5 heteroatoms. The molecule has 2 amide bonds. The predicted octanol–water partition coefficient (Wildman–Crippen LogP) is 2.97. The summed E-state index contributed by atoms with van der Waals surface area (Å²) in [7, 11) is 0. The first kappa shape index (κ1) is 15.0. The molecule has 116 valence electrons. The van der Waals surface area contributed by atoms with E-state index in [4.69, 9.17) is 4.74 Å². The Labute approximate surface area is 133 Å². The van der Waals surface area contributed by atoms with E-state index in [1.165, 1.54) is 18.2 Å². The van der Waals surface area contributed by atoms with Crippen LogP contribution in [0.1, 0.15) is 43.6 Å². The number of ether oxygens (including phenoxy) is 1. The van der Waals surface area contributed by atoms with E-state index in [9.17, 15) is 14.4 Å². The van der Waals surface area contributed by atoms with Crippen molar-refractivity contribution in [3.05, 3.63) is 64.7 Å². The Balaban J connectivity index is 2.04. The Kier molecular flexibility index (Phi) is 3.70. The number of aryl methyl sites for hydroxylation is 1. The molecule has 0 spiro atoms. The summed E-state index contributed by atoms with van der Waals surface area (Å²) in [4.78, 5) is 38.2. The largest absolute Gasteiger partial charge is 0.462 e. The average Bonchev–Trinajstić information content (AvgIpc) is 2.79. The highest BCUT2D eigenvalue weighted by Gasteiger charge is 2.37. The van der Waals surface area contributed by atoms with Crippen LogP contribution in [0, 0.1) is 6.92 Å². The summed E-state index contributed by atoms with van der Waals surface area (Å²) in [5, 5.41) is 0. The number of nitrogens with zero attached hydrogens (tertiary/aromatic N) is 1. The third-order valence-corrected chi connectivity index (χ3v) is 3.75. The smallest absolute Gasteiger partial charge is 0.338 e. The molecule has 0 unspecified atom stereocenters. The molecule has 0 aromatic heterocycles. The fraction of sp³-hybridized carbons (Fsp3) is 0.167. The van der Waals surface area contributed by atoms with Gasteiger partial charge in [-0.05, 0) is 43.7 Å². The lowest BCUT2D eigenvalue weighted by Gasteiger charge is -2.16. The summed E-state index contributed by atoms with van der Waals surface area (Å²) >= 11 is 0. The Morgan fingerprint density at radius 2 is 1.74 bits per heavy atom. The van der Waals surface area contributed by atoms with Crippen molar-refractivity contribution in [1.82, 2.24) is 0 Å². The van der Waals surface area contributed by atoms with Gasteiger partial charge in [0, 0.05) is 0 Å². The van der Waals surface area contributed by atoms with E-state index in [2.05, 4.69) is 0 Å². The van der Waals surface area contributed by atoms with Gasteiger partial charge in [0.15, 0.2) is 0 Å². The van der Waals surface area contributed by atoms with E-state index in [1.807, 2.05) is 19.1 Å². The third-order valence-electron chi connectivity index (χ3n) is 3.75. The summed E-state index contributed by atoms with van der Waals surface area (Å²) in [5.74, 6) is -1.31. The van der Waals surface area contributed by atoms with Crippen molar-refractivity contribution >= 4 is 23.5 Å². The molecular formula is C18H15NO4. The molecule has 2 aromatic carbocycles. The fourth-order valence-electron chi connectivity index (χ4n) is 2.62. The number of rotatable bonds is 3. The quantitative estimate of drug-likeness (QED) is 0.646. The van der Waals surface area contributed by atoms with Crippen LogP contribution in [0.2, 0.25) is 0 Å². The van der Waals surface area contributed by atoms with Gasteiger partial charge in [0.2, 0.25) is 0 Å². The number of esters is 1. The molecule has 1 aliphatic heterocycles. The minimum Gasteiger partial charge on any atom is -0.462 e. The summed E-state index contributed by atoms with van der Waals surface area (Å²) in [5.41, 5.74) is 2.16. The van der Waals surface area contributed by atoms with Gasteiger partial charge < -0.3 is 4.74 Å². The normalized spacial score (nSPS) is 13.2. The van der Waals surface area contributed by atoms with Crippen LogP contribution in [0.5, 0.6) is 0 Å². The number of hydrogen-bond donors (Lipinski definition) is 0. The van der Waals surface area contributed by atoms with Gasteiger partial charge in [-0.25, -0.2) is 9.69 Å². The Morgan fingerprint density at radius 1 is 1.04 bits per heavy atom. The molecule has 1 aliphatic rings. The van der Waals surface area contributed by atoms with Crippen LogP contribution >= 0.6 is 0 Å². The van der Waals surface area contributed by atoms with Crippen molar-refractivity contribution in [2.45, 2.75) is 13.8 Å². The van der Waals surface area contributed by atoms with E-state index in [0.717, 1.165) is 10.5 Å². The van der Waals surface area contributed by atoms with Gasteiger partial charge >= 0.3 is 5.97 Å². The molecule has 0 saturated carbocycles. The number of anilines is 1. The van der Waals surface area contributed by atoms with Gasteiger partial charge in [0.05, 0.1) is 29.0 Å². The Hall–Kier alpha value is -2.95. The minimum absolute atomic E-state index is 0.226. The van der Waals surface area contributed by atoms with Gasteiger partial charge in [-0.2, -0.15) is 0 Å². The zero-order chi connectivity index (χ0) is 16.6. The van der Waals surface area contributed by atoms with Crippen LogP contribution in [0.15, 0.2) is 42.5 Å². The highest BCUT2D eigenvalue weighted by Crippen LogP contribution is 2.31. The molecular weight excluding hydrogens is 294 g/mol. The lowest BCUT2D eigenvalue weighted by molar-refractivity contribution is 0.0526. The zero-order valence-electron chi connectivity index (χ0n) is 12.8. The molecule has 0 aliphatic carbocycles. The second-order valence-corrected chi connectivity index (χ2v) is 5.21. The SMILES string of the molecule is CCOC(=O)c1ccc2c(c1)C(=O)N(c1ccccc1C)C2=O. The second kappa shape index (κ2) is 5.68. The molecule has 3 rings (SSSR count). The molecule has 0 N–H and O–H groups in total. The molecule has 0 bridgehead atoms. The van der Waals surface area contributed by atoms with Gasteiger partial charge in [0.25, 0.3) is 11.8 Å². The molecule has 0 radical (unpaired) electrons. The maximum absolute atomic E-state index is 12.6. The molecule has 0 atom stereocenters. The molecule has 1 heterocycles. The number of para-hydroxylation sites is 1. The highest BCUT2D eigenvalue weighted by molar-refractivity contribution is 6.34. The molecule has 23 heavy (non-hydrogen) atoms. The fourth-order valence-corrected chi connectivity index (χ4v) is 2.62. The maximum Gasteiger partial charge on any atom is 0.338 e. The van der Waals surface area contributed by atoms with Gasteiger partial charge in [-0.3, -0.25) is 9.59 Å². The summed E-state index contributed by atoms with van der Waals surface area (Å²) in [6, 6.07) is 11.6. The number of carbonyl (C=O) groups excluding carboxylic acids is 3. The number of imide groups is 1. The monoisotopic (exact) mass is 309 g/mol. The average molecular weight is 309 g/mol. The number of hydrogen-bond acceptors (Lipinski definition) is 4. The van der Waals surface area contributed by atoms with Crippen LogP contribution in [-0.4, -0.2) is 24.4 Å². The Morgan fingerprint density at radius 3 is 2.43 bits per heavy atom. The van der Waals surface area contributed by atoms with Crippen LogP contribution < -0.4 is 4.90 Å². The third kappa shape index (κ3) is 2.40. The van der Waals surface area contributed by atoms with Crippen LogP contribution in [0.3, 0.4) is 0 Å². The lowest BCUT2D eigenvalue weighted by Crippen LogP contribution is -2.29. The number of benzene rings is 2. The first-order valence-corrected chi connectivity index (χ1v) is 7.30. The van der Waals surface area contributed by atoms with Crippen molar-refractivity contribution in [2.75, 3.05) is 11.5 Å². The molecule has 2 aromatic rings. The minimum atomic E-state index is -0.509. The van der Waals surface area contributed by atoms with Crippen molar-refractivity contribution in [3.8, 4) is 0 Å². The number of carbonyl (C=O) groups is 3. The highest BCUT2D eigenvalue weighted by atomic mass is 16.5. The van der Waals surface area contributed by atoms with Crippen LogP contribution in [-0.2, 0) is 4.74 Å². The molecule has 0 saturated heterocycles. The van der Waals surface area contributed by atoms with Crippen molar-refractivity contribution in [2.24, 2.45) is 0 Å². The van der Waals surface area contributed by atoms with E-state index in [0.29, 0.717) is 11.3 Å². The Bertz CT molecular complexity index is 826. The van der Waals surface area contributed by atoms with Crippen LogP contribution in [0.25, 0.3) is 0 Å². The van der Waals surface area contributed by atoms with E-state index < -0.39 is 11.9 Å². The lowest BCUT2D eigenvalue weighted by atomic mass is 10.1. The number of amides is 2. The van der Waals surface area contributed by atoms with E-state index in [1.54, 1.807) is 19.1 Å². The molecule has 0 fully saturated rings. The van der Waals surface area contributed by atoms with Gasteiger partial charge in [-0.15, -0.1) is 0 Å². The standard InChI is InChI=1S/C18H15NO4/c1-3-23-18(22)12-8-9-13-14(10-12)17(21)19(16(13)20)15-7-5-4-6-11(15)2/h4-10H,3H2,1-2H3. The summed E-state index contributed by atoms with van der Waals surface area (Å²) in [6.07, 6.45) is 0. The summed E-state index contributed by atoms with van der Waals surface area (Å²) < 4.78 is 4.93. The van der Waals surface area contributed by atoms with Crippen molar-refractivity contribution in [1.29, 1.82) is 0 Å². The van der Waals surface area contributed by atoms with E-state index >= 15 is 0 Å². The first-order valence-electron chi connectivity index (χ1n) is 7.30. The topological polar surface area (TPSA) is 63.7 Å². The second-order valence-electron chi connectivity index (χ2n) is 5.21. The van der Waals surface area contributed by atoms with Crippen molar-refractivity contribution in [3.63, 3.8) is 0 Å². The predicted molar refractivity (Wildman–Crippen MR) is 84.7 cm³/mol. The first-order chi connectivity index (χ1) is 11.0. The summed E-state index contributed by atoms with van der Waals surface area (Å²) in [6.45, 7) is 3.79. The van der Waals surface area contributed by atoms with Crippen molar-refractivity contribution < 1.29 is 19.1 Å². The zero-order valence-corrected chi connectivity index (χ0v) is 12.8. The number of fused-ring (bicyclic) bond motifs is 1. The van der Waals surface area contributed by atoms with Gasteiger partial charge in [0.1, 0.15) is 0 Å². The molecule has 5 nitrogen and oxygen atoms in total. The van der Waals surface area contributed by atoms with Gasteiger partial charge in [-0.1, -0.05) is 18.2 Å².